The predicted molar refractivity (Wildman–Crippen MR) is 84.0 cm³/mol. The number of carbonyl (C=O) groups is 1. The highest BCUT2D eigenvalue weighted by atomic mass is 28.3. The Morgan fingerprint density at radius 2 is 1.63 bits per heavy atom. The Labute approximate surface area is 119 Å². The molecule has 0 aromatic heterocycles. The third kappa shape index (κ3) is 7.82. The van der Waals surface area contributed by atoms with Gasteiger partial charge < -0.3 is 16.2 Å². The lowest BCUT2D eigenvalue weighted by molar-refractivity contribution is -0.124. The fraction of sp³-hybridized carbons (Fsp3) is 0.929. The molecule has 0 fully saturated rings. The van der Waals surface area contributed by atoms with Gasteiger partial charge in [0.15, 0.2) is 0 Å². The predicted octanol–water partition coefficient (Wildman–Crippen LogP) is 1.47. The van der Waals surface area contributed by atoms with Crippen LogP contribution in [0.25, 0.3) is 0 Å². The monoisotopic (exact) mass is 288 g/mol. The van der Waals surface area contributed by atoms with E-state index in [0.29, 0.717) is 25.9 Å². The molecule has 0 saturated carbocycles. The first-order chi connectivity index (χ1) is 8.53. The van der Waals surface area contributed by atoms with Crippen molar-refractivity contribution < 1.29 is 9.53 Å². The average molecular weight is 289 g/mol. The van der Waals surface area contributed by atoms with E-state index in [1.165, 1.54) is 0 Å². The van der Waals surface area contributed by atoms with E-state index in [9.17, 15) is 4.79 Å². The van der Waals surface area contributed by atoms with Crippen LogP contribution in [0.1, 0.15) is 40.5 Å². The molecule has 0 spiro atoms. The standard InChI is InChI=1S/C14H32N2O2Si/c1-13(2,3)18-12(19(5)6)7-11(17)8-14(4,9-15)10-16/h12,19H,7-10,15-16H2,1-6H3. The van der Waals surface area contributed by atoms with Crippen LogP contribution in [-0.4, -0.2) is 39.0 Å². The van der Waals surface area contributed by atoms with Crippen molar-refractivity contribution in [3.05, 3.63) is 0 Å². The Bertz CT molecular complexity index is 284. The number of Topliss-reactive ketones (excluding diaryl/α,β-unsaturated/α-hetero) is 1. The lowest BCUT2D eigenvalue weighted by atomic mass is 9.84. The molecule has 114 valence electrons. The van der Waals surface area contributed by atoms with Gasteiger partial charge in [-0.15, -0.1) is 0 Å². The van der Waals surface area contributed by atoms with Gasteiger partial charge in [0.1, 0.15) is 5.78 Å². The van der Waals surface area contributed by atoms with Gasteiger partial charge in [-0.2, -0.15) is 0 Å². The van der Waals surface area contributed by atoms with E-state index < -0.39 is 8.80 Å². The summed E-state index contributed by atoms with van der Waals surface area (Å²) in [5.41, 5.74) is 11.0. The van der Waals surface area contributed by atoms with Crippen LogP contribution in [0.5, 0.6) is 0 Å². The molecule has 0 bridgehead atoms. The summed E-state index contributed by atoms with van der Waals surface area (Å²) >= 11 is 0. The van der Waals surface area contributed by atoms with Crippen molar-refractivity contribution in [3.8, 4) is 0 Å². The first kappa shape index (κ1) is 18.8. The number of carbonyl (C=O) groups excluding carboxylic acids is 1. The minimum atomic E-state index is -1.03. The SMILES string of the molecule is C[SiH](C)C(CC(=O)CC(C)(CN)CN)OC(C)(C)C. The van der Waals surface area contributed by atoms with Gasteiger partial charge in [-0.1, -0.05) is 20.0 Å². The van der Waals surface area contributed by atoms with E-state index in [1.807, 2.05) is 27.7 Å². The lowest BCUT2D eigenvalue weighted by Gasteiger charge is -2.31. The summed E-state index contributed by atoms with van der Waals surface area (Å²) in [6.45, 7) is 13.4. The molecule has 0 aliphatic heterocycles. The summed E-state index contributed by atoms with van der Waals surface area (Å²) in [5, 5.41) is 0. The molecule has 4 nitrogen and oxygen atoms in total. The Morgan fingerprint density at radius 1 is 1.16 bits per heavy atom. The van der Waals surface area contributed by atoms with Gasteiger partial charge in [-0.25, -0.2) is 0 Å². The second-order valence-corrected chi connectivity index (χ2v) is 10.4. The molecule has 0 amide bonds. The summed E-state index contributed by atoms with van der Waals surface area (Å²) in [6.07, 6.45) is 0.946. The average Bonchev–Trinajstić information content (AvgIpc) is 2.26. The van der Waals surface area contributed by atoms with Crippen molar-refractivity contribution >= 4 is 14.6 Å². The lowest BCUT2D eigenvalue weighted by Crippen LogP contribution is -2.40. The molecule has 1 atom stereocenters. The van der Waals surface area contributed by atoms with Crippen LogP contribution in [0, 0.1) is 5.41 Å². The minimum Gasteiger partial charge on any atom is -0.376 e. The van der Waals surface area contributed by atoms with Gasteiger partial charge in [0, 0.05) is 12.8 Å². The largest absolute Gasteiger partial charge is 0.376 e. The van der Waals surface area contributed by atoms with Gasteiger partial charge in [0.25, 0.3) is 0 Å². The number of rotatable bonds is 8. The van der Waals surface area contributed by atoms with Crippen LogP contribution in [0.15, 0.2) is 0 Å². The number of hydrogen-bond donors (Lipinski definition) is 2. The molecule has 4 N–H and O–H groups in total. The first-order valence-corrected chi connectivity index (χ1v) is 10.1. The summed E-state index contributed by atoms with van der Waals surface area (Å²) in [4.78, 5) is 12.2. The van der Waals surface area contributed by atoms with Crippen LogP contribution >= 0.6 is 0 Å². The molecule has 19 heavy (non-hydrogen) atoms. The highest BCUT2D eigenvalue weighted by molar-refractivity contribution is 6.57. The van der Waals surface area contributed by atoms with Crippen molar-refractivity contribution in [2.24, 2.45) is 16.9 Å². The third-order valence-electron chi connectivity index (χ3n) is 3.29. The fourth-order valence-electron chi connectivity index (χ4n) is 1.87. The molecule has 5 heteroatoms. The first-order valence-electron chi connectivity index (χ1n) is 7.12. The number of hydrogen-bond acceptors (Lipinski definition) is 4. The van der Waals surface area contributed by atoms with Gasteiger partial charge >= 0.3 is 0 Å². The normalized spacial score (nSPS) is 14.8. The van der Waals surface area contributed by atoms with E-state index in [2.05, 4.69) is 13.1 Å². The zero-order valence-electron chi connectivity index (χ0n) is 13.5. The molecule has 0 heterocycles. The van der Waals surface area contributed by atoms with E-state index in [0.717, 1.165) is 0 Å². The molecular formula is C14H32N2O2Si. The molecule has 0 rings (SSSR count). The van der Waals surface area contributed by atoms with Gasteiger partial charge in [0.05, 0.1) is 20.1 Å². The highest BCUT2D eigenvalue weighted by Crippen LogP contribution is 2.22. The van der Waals surface area contributed by atoms with Crippen LogP contribution < -0.4 is 11.5 Å². The van der Waals surface area contributed by atoms with Crippen LogP contribution in [0.2, 0.25) is 13.1 Å². The molecule has 1 unspecified atom stereocenters. The van der Waals surface area contributed by atoms with E-state index in [1.54, 1.807) is 0 Å². The number of ketones is 1. The van der Waals surface area contributed by atoms with Crippen molar-refractivity contribution in [1.29, 1.82) is 0 Å². The molecule has 0 aliphatic carbocycles. The summed E-state index contributed by atoms with van der Waals surface area (Å²) < 4.78 is 6.03. The van der Waals surface area contributed by atoms with Gasteiger partial charge in [-0.3, -0.25) is 4.79 Å². The Hall–Kier alpha value is -0.233. The van der Waals surface area contributed by atoms with Crippen molar-refractivity contribution in [2.75, 3.05) is 13.1 Å². The maximum absolute atomic E-state index is 12.2. The number of nitrogens with two attached hydrogens (primary N) is 2. The van der Waals surface area contributed by atoms with Crippen molar-refractivity contribution in [3.63, 3.8) is 0 Å². The van der Waals surface area contributed by atoms with Crippen LogP contribution in [0.4, 0.5) is 0 Å². The molecule has 0 radical (unpaired) electrons. The van der Waals surface area contributed by atoms with Gasteiger partial charge in [0.2, 0.25) is 0 Å². The second-order valence-electron chi connectivity index (χ2n) is 7.15. The van der Waals surface area contributed by atoms with E-state index in [-0.39, 0.29) is 22.5 Å². The maximum atomic E-state index is 12.2. The Kier molecular flexibility index (Phi) is 7.43. The highest BCUT2D eigenvalue weighted by Gasteiger charge is 2.29. The molecule has 0 saturated heterocycles. The fourth-order valence-corrected chi connectivity index (χ4v) is 3.28. The topological polar surface area (TPSA) is 78.3 Å². The molecule has 0 aromatic carbocycles. The summed E-state index contributed by atoms with van der Waals surface area (Å²) in [6, 6.07) is 0. The van der Waals surface area contributed by atoms with E-state index >= 15 is 0 Å². The molecular weight excluding hydrogens is 256 g/mol. The zero-order chi connectivity index (χ0) is 15.3. The molecule has 0 aliphatic rings. The Morgan fingerprint density at radius 3 is 1.95 bits per heavy atom. The second kappa shape index (κ2) is 7.52. The molecule has 0 aromatic rings. The minimum absolute atomic E-state index is 0.0901. The number of ether oxygens (including phenoxy) is 1. The summed E-state index contributed by atoms with van der Waals surface area (Å²) in [7, 11) is -1.03. The quantitative estimate of drug-likeness (QED) is 0.663. The Balaban J connectivity index is 4.57. The summed E-state index contributed by atoms with van der Waals surface area (Å²) in [5.74, 6) is 0.217. The van der Waals surface area contributed by atoms with E-state index in [4.69, 9.17) is 16.2 Å². The van der Waals surface area contributed by atoms with Gasteiger partial charge in [-0.05, 0) is 39.3 Å². The zero-order valence-corrected chi connectivity index (χ0v) is 14.6. The third-order valence-corrected chi connectivity index (χ3v) is 5.15. The van der Waals surface area contributed by atoms with Crippen molar-refractivity contribution in [1.82, 2.24) is 0 Å². The smallest absolute Gasteiger partial charge is 0.135 e. The maximum Gasteiger partial charge on any atom is 0.135 e. The van der Waals surface area contributed by atoms with Crippen LogP contribution in [-0.2, 0) is 9.53 Å². The van der Waals surface area contributed by atoms with Crippen molar-refractivity contribution in [2.45, 2.75) is 65.0 Å². The van der Waals surface area contributed by atoms with Crippen LogP contribution in [0.3, 0.4) is 0 Å².